The standard InChI is InChI=1S/C17H18N2OS/c1-2-15-17(20,14-11-7-4-8-12-14)19-18-16(21-15)13-9-5-3-6-10-13/h3-12,15,19-20H,2H2,1H3. The van der Waals surface area contributed by atoms with Gasteiger partial charge < -0.3 is 5.11 Å². The molecule has 2 atom stereocenters. The molecule has 1 aliphatic heterocycles. The van der Waals surface area contributed by atoms with Gasteiger partial charge in [0.05, 0.1) is 5.25 Å². The molecule has 0 amide bonds. The van der Waals surface area contributed by atoms with Crippen molar-refractivity contribution in [1.29, 1.82) is 0 Å². The Labute approximate surface area is 129 Å². The maximum absolute atomic E-state index is 11.0. The fourth-order valence-corrected chi connectivity index (χ4v) is 3.66. The van der Waals surface area contributed by atoms with Gasteiger partial charge in [0.25, 0.3) is 0 Å². The molecule has 0 saturated heterocycles. The summed E-state index contributed by atoms with van der Waals surface area (Å²) < 4.78 is 0. The highest BCUT2D eigenvalue weighted by atomic mass is 32.2. The quantitative estimate of drug-likeness (QED) is 0.914. The van der Waals surface area contributed by atoms with Crippen molar-refractivity contribution in [3.8, 4) is 0 Å². The number of benzene rings is 2. The molecular weight excluding hydrogens is 280 g/mol. The number of thioether (sulfide) groups is 1. The van der Waals surface area contributed by atoms with Gasteiger partial charge in [0.1, 0.15) is 5.04 Å². The van der Waals surface area contributed by atoms with Crippen LogP contribution in [0.15, 0.2) is 65.8 Å². The monoisotopic (exact) mass is 298 g/mol. The van der Waals surface area contributed by atoms with Crippen molar-refractivity contribution in [2.45, 2.75) is 24.3 Å². The highest BCUT2D eigenvalue weighted by Crippen LogP contribution is 2.37. The molecule has 3 rings (SSSR count). The van der Waals surface area contributed by atoms with Crippen LogP contribution in [0.3, 0.4) is 0 Å². The van der Waals surface area contributed by atoms with Crippen LogP contribution in [0.1, 0.15) is 24.5 Å². The molecule has 0 fully saturated rings. The van der Waals surface area contributed by atoms with E-state index in [0.717, 1.165) is 22.6 Å². The van der Waals surface area contributed by atoms with Crippen molar-refractivity contribution in [3.05, 3.63) is 71.8 Å². The van der Waals surface area contributed by atoms with Gasteiger partial charge in [-0.25, -0.2) is 0 Å². The summed E-state index contributed by atoms with van der Waals surface area (Å²) in [4.78, 5) is 0. The predicted molar refractivity (Wildman–Crippen MR) is 88.1 cm³/mol. The number of hydrogen-bond acceptors (Lipinski definition) is 4. The Balaban J connectivity index is 1.94. The number of hydrazone groups is 1. The zero-order chi connectivity index (χ0) is 14.7. The van der Waals surface area contributed by atoms with Crippen LogP contribution in [-0.2, 0) is 5.72 Å². The van der Waals surface area contributed by atoms with Crippen molar-refractivity contribution >= 4 is 16.8 Å². The second kappa shape index (κ2) is 5.92. The van der Waals surface area contributed by atoms with E-state index in [2.05, 4.69) is 17.5 Å². The highest BCUT2D eigenvalue weighted by molar-refractivity contribution is 8.15. The van der Waals surface area contributed by atoms with Crippen molar-refractivity contribution in [1.82, 2.24) is 5.43 Å². The van der Waals surface area contributed by atoms with Crippen molar-refractivity contribution < 1.29 is 5.11 Å². The molecule has 0 radical (unpaired) electrons. The van der Waals surface area contributed by atoms with Gasteiger partial charge in [-0.15, -0.1) is 0 Å². The van der Waals surface area contributed by atoms with E-state index in [9.17, 15) is 5.11 Å². The van der Waals surface area contributed by atoms with Crippen LogP contribution in [-0.4, -0.2) is 15.4 Å². The van der Waals surface area contributed by atoms with Crippen molar-refractivity contribution in [2.75, 3.05) is 0 Å². The van der Waals surface area contributed by atoms with E-state index in [-0.39, 0.29) is 5.25 Å². The van der Waals surface area contributed by atoms with Crippen LogP contribution in [0.2, 0.25) is 0 Å². The summed E-state index contributed by atoms with van der Waals surface area (Å²) in [6, 6.07) is 19.7. The van der Waals surface area contributed by atoms with Gasteiger partial charge in [0, 0.05) is 11.1 Å². The third-order valence-electron chi connectivity index (χ3n) is 3.65. The van der Waals surface area contributed by atoms with Gasteiger partial charge in [0.15, 0.2) is 5.72 Å². The van der Waals surface area contributed by atoms with Crippen LogP contribution in [0.25, 0.3) is 0 Å². The number of nitrogens with zero attached hydrogens (tertiary/aromatic N) is 1. The third-order valence-corrected chi connectivity index (χ3v) is 5.16. The van der Waals surface area contributed by atoms with Gasteiger partial charge in [-0.3, -0.25) is 5.43 Å². The summed E-state index contributed by atoms with van der Waals surface area (Å²) in [5.41, 5.74) is 3.78. The molecule has 2 aromatic rings. The summed E-state index contributed by atoms with van der Waals surface area (Å²) in [5.74, 6) is 0. The molecule has 3 nitrogen and oxygen atoms in total. The Bertz CT molecular complexity index is 630. The predicted octanol–water partition coefficient (Wildman–Crippen LogP) is 3.31. The smallest absolute Gasteiger partial charge is 0.189 e. The molecule has 0 spiro atoms. The minimum atomic E-state index is -1.13. The molecule has 2 aromatic carbocycles. The van der Waals surface area contributed by atoms with E-state index in [1.54, 1.807) is 11.8 Å². The van der Waals surface area contributed by atoms with E-state index in [1.807, 2.05) is 60.7 Å². The fraction of sp³-hybridized carbons (Fsp3) is 0.235. The van der Waals surface area contributed by atoms with Gasteiger partial charge in [-0.1, -0.05) is 79.3 Å². The van der Waals surface area contributed by atoms with Crippen LogP contribution >= 0.6 is 11.8 Å². The summed E-state index contributed by atoms with van der Waals surface area (Å²) in [7, 11) is 0. The maximum atomic E-state index is 11.0. The molecule has 0 aliphatic carbocycles. The third kappa shape index (κ3) is 2.69. The maximum Gasteiger partial charge on any atom is 0.189 e. The molecular formula is C17H18N2OS. The lowest BCUT2D eigenvalue weighted by atomic mass is 9.98. The average molecular weight is 298 g/mol. The van der Waals surface area contributed by atoms with Gasteiger partial charge in [-0.2, -0.15) is 5.10 Å². The summed E-state index contributed by atoms with van der Waals surface area (Å²) in [5, 5.41) is 16.4. The fourth-order valence-electron chi connectivity index (χ4n) is 2.49. The summed E-state index contributed by atoms with van der Waals surface area (Å²) in [6.07, 6.45) is 0.842. The second-order valence-electron chi connectivity index (χ2n) is 5.04. The molecule has 0 saturated carbocycles. The lowest BCUT2D eigenvalue weighted by molar-refractivity contribution is -0.00284. The highest BCUT2D eigenvalue weighted by Gasteiger charge is 2.41. The number of aliphatic hydroxyl groups is 1. The molecule has 21 heavy (non-hydrogen) atoms. The van der Waals surface area contributed by atoms with Gasteiger partial charge in [-0.05, 0) is 6.42 Å². The lowest BCUT2D eigenvalue weighted by Gasteiger charge is -2.38. The second-order valence-corrected chi connectivity index (χ2v) is 6.23. The van der Waals surface area contributed by atoms with E-state index in [4.69, 9.17) is 0 Å². The molecule has 4 heteroatoms. The number of hydrogen-bond donors (Lipinski definition) is 2. The lowest BCUT2D eigenvalue weighted by Crippen LogP contribution is -2.51. The minimum Gasteiger partial charge on any atom is -0.365 e. The molecule has 2 unspecified atom stereocenters. The Morgan fingerprint density at radius 2 is 1.71 bits per heavy atom. The van der Waals surface area contributed by atoms with Gasteiger partial charge in [0.2, 0.25) is 0 Å². The first-order valence-electron chi connectivity index (χ1n) is 7.09. The van der Waals surface area contributed by atoms with Crippen LogP contribution in [0.4, 0.5) is 0 Å². The van der Waals surface area contributed by atoms with Crippen LogP contribution < -0.4 is 5.43 Å². The average Bonchev–Trinajstić information content (AvgIpc) is 2.57. The van der Waals surface area contributed by atoms with E-state index in [0.29, 0.717) is 0 Å². The van der Waals surface area contributed by atoms with Crippen molar-refractivity contribution in [2.24, 2.45) is 5.10 Å². The zero-order valence-electron chi connectivity index (χ0n) is 11.9. The Kier molecular flexibility index (Phi) is 3.99. The zero-order valence-corrected chi connectivity index (χ0v) is 12.7. The first-order valence-corrected chi connectivity index (χ1v) is 7.97. The Morgan fingerprint density at radius 1 is 1.10 bits per heavy atom. The van der Waals surface area contributed by atoms with Crippen LogP contribution in [0.5, 0.6) is 0 Å². The Hall–Kier alpha value is -1.78. The summed E-state index contributed by atoms with van der Waals surface area (Å²) in [6.45, 7) is 2.08. The summed E-state index contributed by atoms with van der Waals surface area (Å²) >= 11 is 1.62. The van der Waals surface area contributed by atoms with E-state index in [1.165, 1.54) is 0 Å². The normalized spacial score (nSPS) is 25.0. The van der Waals surface area contributed by atoms with Crippen molar-refractivity contribution in [3.63, 3.8) is 0 Å². The number of rotatable bonds is 3. The number of nitrogens with one attached hydrogen (secondary N) is 1. The molecule has 2 N–H and O–H groups in total. The Morgan fingerprint density at radius 3 is 2.33 bits per heavy atom. The molecule has 1 heterocycles. The molecule has 0 bridgehead atoms. The van der Waals surface area contributed by atoms with E-state index < -0.39 is 5.72 Å². The SMILES string of the molecule is CCC1SC(c2ccccc2)=NNC1(O)c1ccccc1. The van der Waals surface area contributed by atoms with Crippen LogP contribution in [0, 0.1) is 0 Å². The molecule has 108 valence electrons. The molecule has 0 aromatic heterocycles. The molecule has 1 aliphatic rings. The van der Waals surface area contributed by atoms with Gasteiger partial charge >= 0.3 is 0 Å². The topological polar surface area (TPSA) is 44.6 Å². The minimum absolute atomic E-state index is 0.00704. The van der Waals surface area contributed by atoms with E-state index >= 15 is 0 Å². The first-order chi connectivity index (χ1) is 10.2. The largest absolute Gasteiger partial charge is 0.365 e. The first kappa shape index (κ1) is 14.2.